The Morgan fingerprint density at radius 1 is 1.16 bits per heavy atom. The maximum atomic E-state index is 12.7. The number of rotatable bonds is 13. The molecule has 1 saturated heterocycles. The average molecular weight is 527 g/mol. The Morgan fingerprint density at radius 2 is 1.87 bits per heavy atom. The third-order valence-corrected chi connectivity index (χ3v) is 6.93. The number of nitrogen functional groups attached to an aromatic ring is 1. The topological polar surface area (TPSA) is 166 Å². The molecule has 12 heteroatoms. The smallest absolute Gasteiger partial charge is 0.328 e. The van der Waals surface area contributed by atoms with E-state index in [9.17, 15) is 9.59 Å². The van der Waals surface area contributed by atoms with E-state index in [2.05, 4.69) is 49.1 Å². The zero-order chi connectivity index (χ0) is 26.9. The quantitative estimate of drug-likeness (QED) is 0.191. The van der Waals surface area contributed by atoms with Crippen molar-refractivity contribution in [1.29, 1.82) is 0 Å². The van der Waals surface area contributed by atoms with E-state index in [1.165, 1.54) is 5.56 Å². The number of amides is 1. The van der Waals surface area contributed by atoms with Crippen molar-refractivity contribution in [2.24, 2.45) is 11.8 Å². The van der Waals surface area contributed by atoms with Gasteiger partial charge in [0.05, 0.1) is 13.2 Å². The number of unbranched alkanes of at least 4 members (excludes halogenated alkanes) is 1. The Morgan fingerprint density at radius 3 is 2.55 bits per heavy atom. The number of carbonyl (C=O) groups is 1. The molecular weight excluding hydrogens is 488 g/mol. The minimum atomic E-state index is -0.286. The summed E-state index contributed by atoms with van der Waals surface area (Å²) >= 11 is 0. The Labute approximate surface area is 221 Å². The summed E-state index contributed by atoms with van der Waals surface area (Å²) < 4.78 is 7.18. The Balaban J connectivity index is 1.31. The number of likely N-dealkylation sites (tertiary alicyclic amines) is 1. The summed E-state index contributed by atoms with van der Waals surface area (Å²) in [6.07, 6.45) is 5.07. The van der Waals surface area contributed by atoms with Gasteiger partial charge in [-0.3, -0.25) is 19.1 Å². The van der Waals surface area contributed by atoms with Crippen LogP contribution in [0.5, 0.6) is 6.01 Å². The summed E-state index contributed by atoms with van der Waals surface area (Å²) in [5, 5.41) is 2.83. The maximum Gasteiger partial charge on any atom is 0.328 e. The largest absolute Gasteiger partial charge is 0.463 e. The van der Waals surface area contributed by atoms with Gasteiger partial charge in [0.25, 0.3) is 0 Å². The average Bonchev–Trinajstić information content (AvgIpc) is 3.22. The van der Waals surface area contributed by atoms with Crippen molar-refractivity contribution < 1.29 is 14.4 Å². The SMILES string of the molecule is CCCCOc1nc(N)c2[nH]c(=O)n(Cc3ccc(CN4CCC(CCNC(=O)CON)CC4)cc3)c2n1. The second-order valence-electron chi connectivity index (χ2n) is 9.79. The number of hydrogen-bond donors (Lipinski definition) is 4. The van der Waals surface area contributed by atoms with Crippen molar-refractivity contribution in [1.82, 2.24) is 29.7 Å². The van der Waals surface area contributed by atoms with Gasteiger partial charge in [0.1, 0.15) is 12.1 Å². The van der Waals surface area contributed by atoms with Crippen LogP contribution < -0.4 is 27.4 Å². The van der Waals surface area contributed by atoms with Crippen LogP contribution in [0.1, 0.15) is 50.2 Å². The minimum Gasteiger partial charge on any atom is -0.463 e. The van der Waals surface area contributed by atoms with E-state index in [1.54, 1.807) is 4.57 Å². The molecule has 0 unspecified atom stereocenters. The molecule has 1 fully saturated rings. The molecule has 1 aliphatic rings. The Kier molecular flexibility index (Phi) is 9.68. The number of benzene rings is 1. The van der Waals surface area contributed by atoms with Crippen LogP contribution in [0, 0.1) is 5.92 Å². The summed E-state index contributed by atoms with van der Waals surface area (Å²) in [5.74, 6) is 5.55. The van der Waals surface area contributed by atoms with Gasteiger partial charge in [0.2, 0.25) is 5.91 Å². The highest BCUT2D eigenvalue weighted by Crippen LogP contribution is 2.22. The third kappa shape index (κ3) is 7.30. The first-order valence-corrected chi connectivity index (χ1v) is 13.2. The maximum absolute atomic E-state index is 12.7. The molecule has 38 heavy (non-hydrogen) atoms. The van der Waals surface area contributed by atoms with Crippen LogP contribution in [0.15, 0.2) is 29.1 Å². The van der Waals surface area contributed by atoms with Crippen LogP contribution >= 0.6 is 0 Å². The van der Waals surface area contributed by atoms with E-state index in [4.69, 9.17) is 16.4 Å². The van der Waals surface area contributed by atoms with Crippen LogP contribution in [0.2, 0.25) is 0 Å². The van der Waals surface area contributed by atoms with Gasteiger partial charge in [-0.25, -0.2) is 10.7 Å². The number of H-pyrrole nitrogens is 1. The predicted octanol–water partition coefficient (Wildman–Crippen LogP) is 1.54. The van der Waals surface area contributed by atoms with Gasteiger partial charge in [-0.05, 0) is 55.8 Å². The normalized spacial score (nSPS) is 14.7. The first-order chi connectivity index (χ1) is 18.5. The highest BCUT2D eigenvalue weighted by molar-refractivity contribution is 5.82. The molecular formula is C26H38N8O4. The summed E-state index contributed by atoms with van der Waals surface area (Å²) in [7, 11) is 0. The first kappa shape index (κ1) is 27.6. The number of aromatic nitrogens is 4. The number of piperidine rings is 1. The fourth-order valence-electron chi connectivity index (χ4n) is 4.72. The van der Waals surface area contributed by atoms with E-state index in [0.717, 1.165) is 57.3 Å². The molecule has 1 aromatic carbocycles. The second-order valence-corrected chi connectivity index (χ2v) is 9.79. The number of anilines is 1. The first-order valence-electron chi connectivity index (χ1n) is 13.2. The Bertz CT molecular complexity index is 1250. The van der Waals surface area contributed by atoms with Crippen LogP contribution in [0.3, 0.4) is 0 Å². The number of carbonyl (C=O) groups excluding carboxylic acids is 1. The van der Waals surface area contributed by atoms with Crippen molar-refractivity contribution >= 4 is 22.9 Å². The van der Waals surface area contributed by atoms with E-state index < -0.39 is 0 Å². The minimum absolute atomic E-state index is 0.103. The number of fused-ring (bicyclic) bond motifs is 1. The van der Waals surface area contributed by atoms with Gasteiger partial charge in [-0.15, -0.1) is 0 Å². The van der Waals surface area contributed by atoms with Crippen molar-refractivity contribution in [3.63, 3.8) is 0 Å². The monoisotopic (exact) mass is 526 g/mol. The van der Waals surface area contributed by atoms with Crippen molar-refractivity contribution in [3.8, 4) is 6.01 Å². The number of nitrogens with zero attached hydrogens (tertiary/aromatic N) is 4. The molecule has 2 aromatic heterocycles. The molecule has 0 saturated carbocycles. The number of aromatic amines is 1. The molecule has 0 radical (unpaired) electrons. The van der Waals surface area contributed by atoms with Gasteiger partial charge in [0, 0.05) is 13.1 Å². The number of imidazole rings is 1. The molecule has 3 aromatic rings. The highest BCUT2D eigenvalue weighted by atomic mass is 16.6. The number of hydrogen-bond acceptors (Lipinski definition) is 9. The number of ether oxygens (including phenoxy) is 1. The zero-order valence-electron chi connectivity index (χ0n) is 21.9. The third-order valence-electron chi connectivity index (χ3n) is 6.93. The lowest BCUT2D eigenvalue weighted by atomic mass is 9.93. The molecule has 0 aliphatic carbocycles. The van der Waals surface area contributed by atoms with Crippen LogP contribution in [-0.4, -0.2) is 63.2 Å². The molecule has 6 N–H and O–H groups in total. The summed E-state index contributed by atoms with van der Waals surface area (Å²) in [4.78, 5) is 42.3. The van der Waals surface area contributed by atoms with E-state index in [0.29, 0.717) is 36.8 Å². The highest BCUT2D eigenvalue weighted by Gasteiger charge is 2.19. The van der Waals surface area contributed by atoms with E-state index in [-0.39, 0.29) is 30.0 Å². The zero-order valence-corrected chi connectivity index (χ0v) is 21.9. The van der Waals surface area contributed by atoms with Crippen molar-refractivity contribution in [3.05, 3.63) is 45.9 Å². The molecule has 0 spiro atoms. The fraction of sp³-hybridized carbons (Fsp3) is 0.538. The standard InChI is InChI=1S/C26H38N8O4/c1-2-3-14-37-25-31-23(27)22-24(32-25)34(26(36)30-22)16-20-6-4-19(5-7-20)15-33-12-9-18(10-13-33)8-11-29-21(35)17-38-28/h4-7,18H,2-3,8-17,28H2,1H3,(H,29,35)(H,30,36)(H2,27,31,32). The molecule has 0 atom stereocenters. The molecule has 3 heterocycles. The van der Waals surface area contributed by atoms with Gasteiger partial charge in [-0.1, -0.05) is 37.6 Å². The lowest BCUT2D eigenvalue weighted by Crippen LogP contribution is -2.35. The van der Waals surface area contributed by atoms with Gasteiger partial charge in [0.15, 0.2) is 11.5 Å². The molecule has 0 bridgehead atoms. The lowest BCUT2D eigenvalue weighted by molar-refractivity contribution is -0.125. The molecule has 206 valence electrons. The van der Waals surface area contributed by atoms with Crippen LogP contribution in [0.25, 0.3) is 11.2 Å². The van der Waals surface area contributed by atoms with Gasteiger partial charge in [-0.2, -0.15) is 9.97 Å². The summed E-state index contributed by atoms with van der Waals surface area (Å²) in [5.41, 5.74) is 8.85. The van der Waals surface area contributed by atoms with E-state index in [1.807, 2.05) is 12.1 Å². The number of nitrogens with one attached hydrogen (secondary N) is 2. The van der Waals surface area contributed by atoms with Crippen molar-refractivity contribution in [2.75, 3.05) is 38.6 Å². The Hall–Kier alpha value is -3.48. The second kappa shape index (κ2) is 13.4. The lowest BCUT2D eigenvalue weighted by Gasteiger charge is -2.32. The van der Waals surface area contributed by atoms with Gasteiger partial charge >= 0.3 is 11.7 Å². The van der Waals surface area contributed by atoms with Crippen LogP contribution in [0.4, 0.5) is 5.82 Å². The molecule has 4 rings (SSSR count). The summed E-state index contributed by atoms with van der Waals surface area (Å²) in [6, 6.07) is 8.49. The van der Waals surface area contributed by atoms with Crippen molar-refractivity contribution in [2.45, 2.75) is 52.1 Å². The molecule has 1 amide bonds. The molecule has 1 aliphatic heterocycles. The number of nitrogens with two attached hydrogens (primary N) is 2. The predicted molar refractivity (Wildman–Crippen MR) is 144 cm³/mol. The van der Waals surface area contributed by atoms with Gasteiger partial charge < -0.3 is 20.8 Å². The fourth-order valence-corrected chi connectivity index (χ4v) is 4.72. The van der Waals surface area contributed by atoms with Crippen LogP contribution in [-0.2, 0) is 22.7 Å². The molecule has 12 nitrogen and oxygen atoms in total. The summed E-state index contributed by atoms with van der Waals surface area (Å²) in [6.45, 7) is 6.43. The van der Waals surface area contributed by atoms with E-state index >= 15 is 0 Å².